The van der Waals surface area contributed by atoms with Gasteiger partial charge in [-0.3, -0.25) is 4.57 Å². The summed E-state index contributed by atoms with van der Waals surface area (Å²) in [5.74, 6) is 0.126. The molecule has 0 bridgehead atoms. The lowest BCUT2D eigenvalue weighted by atomic mass is 10.1. The minimum atomic E-state index is -0.347. The molecule has 0 aliphatic heterocycles. The van der Waals surface area contributed by atoms with Gasteiger partial charge in [0.1, 0.15) is 0 Å². The summed E-state index contributed by atoms with van der Waals surface area (Å²) in [4.78, 5) is 11.3. The van der Waals surface area contributed by atoms with Crippen LogP contribution in [0.4, 0.5) is 0 Å². The Hall–Kier alpha value is -2.02. The summed E-state index contributed by atoms with van der Waals surface area (Å²) in [5.41, 5.74) is 2.52. The van der Waals surface area contributed by atoms with Crippen LogP contribution in [0, 0.1) is 17.2 Å². The minimum absolute atomic E-state index is 0.140. The Bertz CT molecular complexity index is 660. The third-order valence-corrected chi connectivity index (χ3v) is 3.20. The number of benzene rings is 1. The van der Waals surface area contributed by atoms with Crippen LogP contribution >= 0.6 is 0 Å². The van der Waals surface area contributed by atoms with Gasteiger partial charge in [-0.15, -0.1) is 0 Å². The van der Waals surface area contributed by atoms with E-state index in [0.29, 0.717) is 11.5 Å². The molecular weight excluding hydrogens is 204 g/mol. The van der Waals surface area contributed by atoms with E-state index in [9.17, 15) is 4.79 Å². The average Bonchev–Trinajstić information content (AvgIpc) is 3.02. The maximum atomic E-state index is 11.3. The molecule has 0 saturated heterocycles. The number of hydrogen-bond acceptors (Lipinski definition) is 3. The Morgan fingerprint density at radius 2 is 2.38 bits per heavy atom. The summed E-state index contributed by atoms with van der Waals surface area (Å²) >= 11 is 0. The maximum Gasteiger partial charge on any atom is 0.419 e. The molecule has 1 heterocycles. The Morgan fingerprint density at radius 3 is 3.06 bits per heavy atom. The number of oxazole rings is 1. The molecule has 0 spiro atoms. The molecule has 3 rings (SSSR count). The van der Waals surface area contributed by atoms with Gasteiger partial charge in [0.25, 0.3) is 0 Å². The first kappa shape index (κ1) is 9.22. The summed E-state index contributed by atoms with van der Waals surface area (Å²) in [6.45, 7) is 0. The smallest absolute Gasteiger partial charge is 0.408 e. The molecule has 1 aliphatic carbocycles. The molecule has 1 aromatic carbocycles. The number of nitriles is 1. The number of aromatic nitrogens is 1. The molecule has 1 aromatic heterocycles. The van der Waals surface area contributed by atoms with Crippen LogP contribution in [0.25, 0.3) is 11.1 Å². The van der Waals surface area contributed by atoms with Crippen LogP contribution in [0.15, 0.2) is 27.4 Å². The number of aryl methyl sites for hydroxylation is 1. The van der Waals surface area contributed by atoms with Crippen LogP contribution < -0.4 is 5.76 Å². The predicted octanol–water partition coefficient (Wildman–Crippen LogP) is 1.76. The Labute approximate surface area is 91.7 Å². The Kier molecular flexibility index (Phi) is 1.72. The summed E-state index contributed by atoms with van der Waals surface area (Å²) in [7, 11) is 1.69. The van der Waals surface area contributed by atoms with Gasteiger partial charge in [-0.1, -0.05) is 6.07 Å². The molecule has 0 amide bonds. The highest BCUT2D eigenvalue weighted by atomic mass is 16.4. The van der Waals surface area contributed by atoms with E-state index in [4.69, 9.17) is 9.68 Å². The zero-order valence-electron chi connectivity index (χ0n) is 8.80. The lowest BCUT2D eigenvalue weighted by Crippen LogP contribution is -2.08. The highest BCUT2D eigenvalue weighted by Gasteiger charge is 2.38. The molecule has 2 atom stereocenters. The van der Waals surface area contributed by atoms with Gasteiger partial charge in [0.15, 0.2) is 5.58 Å². The molecule has 4 heteroatoms. The molecule has 80 valence electrons. The average molecular weight is 214 g/mol. The highest BCUT2D eigenvalue weighted by Crippen LogP contribution is 2.47. The molecule has 16 heavy (non-hydrogen) atoms. The quantitative estimate of drug-likeness (QED) is 0.726. The Balaban J connectivity index is 2.13. The van der Waals surface area contributed by atoms with E-state index in [1.807, 2.05) is 12.1 Å². The molecule has 0 N–H and O–H groups in total. The zero-order valence-corrected chi connectivity index (χ0v) is 8.80. The topological polar surface area (TPSA) is 58.9 Å². The number of nitrogens with zero attached hydrogens (tertiary/aromatic N) is 2. The third-order valence-electron chi connectivity index (χ3n) is 3.20. The Morgan fingerprint density at radius 1 is 1.56 bits per heavy atom. The van der Waals surface area contributed by atoms with Crippen LogP contribution in [-0.2, 0) is 7.05 Å². The summed E-state index contributed by atoms with van der Waals surface area (Å²) < 4.78 is 6.54. The first-order valence-electron chi connectivity index (χ1n) is 5.20. The summed E-state index contributed by atoms with van der Waals surface area (Å²) in [6.07, 6.45) is 0.924. The lowest BCUT2D eigenvalue weighted by molar-refractivity contribution is 0.528. The van der Waals surface area contributed by atoms with Crippen molar-refractivity contribution in [3.8, 4) is 6.07 Å². The van der Waals surface area contributed by atoms with E-state index in [0.717, 1.165) is 17.5 Å². The SMILES string of the molecule is Cn1c(=O)oc2ccc(C3CC3C#N)cc21. The second kappa shape index (κ2) is 2.99. The standard InChI is InChI=1S/C12H10N2O2/c1-14-10-5-7(9-4-8(9)6-13)2-3-11(10)16-12(14)15/h2-3,5,8-9H,4H2,1H3. The predicted molar refractivity (Wildman–Crippen MR) is 57.9 cm³/mol. The molecular formula is C12H10N2O2. The highest BCUT2D eigenvalue weighted by molar-refractivity contribution is 5.74. The molecule has 1 aliphatic rings. The van der Waals surface area contributed by atoms with Crippen molar-refractivity contribution in [2.24, 2.45) is 13.0 Å². The van der Waals surface area contributed by atoms with E-state index < -0.39 is 0 Å². The van der Waals surface area contributed by atoms with Gasteiger partial charge in [-0.05, 0) is 24.1 Å². The lowest BCUT2D eigenvalue weighted by Gasteiger charge is -1.98. The normalized spacial score (nSPS) is 23.2. The molecule has 0 radical (unpaired) electrons. The summed E-state index contributed by atoms with van der Waals surface area (Å²) in [5, 5.41) is 8.79. The van der Waals surface area contributed by atoms with E-state index in [1.165, 1.54) is 4.57 Å². The van der Waals surface area contributed by atoms with Crippen LogP contribution in [0.1, 0.15) is 17.9 Å². The van der Waals surface area contributed by atoms with Crippen molar-refractivity contribution in [2.45, 2.75) is 12.3 Å². The number of fused-ring (bicyclic) bond motifs is 1. The van der Waals surface area contributed by atoms with Crippen molar-refractivity contribution in [2.75, 3.05) is 0 Å². The van der Waals surface area contributed by atoms with Crippen LogP contribution in [0.3, 0.4) is 0 Å². The second-order valence-electron chi connectivity index (χ2n) is 4.23. The fourth-order valence-electron chi connectivity index (χ4n) is 2.08. The van der Waals surface area contributed by atoms with E-state index >= 15 is 0 Å². The van der Waals surface area contributed by atoms with Crippen LogP contribution in [0.2, 0.25) is 0 Å². The molecule has 1 fully saturated rings. The number of rotatable bonds is 1. The van der Waals surface area contributed by atoms with Crippen molar-refractivity contribution in [1.29, 1.82) is 5.26 Å². The second-order valence-corrected chi connectivity index (χ2v) is 4.23. The first-order chi connectivity index (χ1) is 7.70. The van der Waals surface area contributed by atoms with E-state index in [2.05, 4.69) is 6.07 Å². The fraction of sp³-hybridized carbons (Fsp3) is 0.333. The van der Waals surface area contributed by atoms with Gasteiger partial charge in [-0.2, -0.15) is 5.26 Å². The molecule has 2 aromatic rings. The largest absolute Gasteiger partial charge is 0.419 e. The van der Waals surface area contributed by atoms with Crippen molar-refractivity contribution >= 4 is 11.1 Å². The van der Waals surface area contributed by atoms with E-state index in [-0.39, 0.29) is 11.7 Å². The van der Waals surface area contributed by atoms with E-state index in [1.54, 1.807) is 13.1 Å². The zero-order chi connectivity index (χ0) is 11.3. The fourth-order valence-corrected chi connectivity index (χ4v) is 2.08. The third kappa shape index (κ3) is 1.18. The maximum absolute atomic E-state index is 11.3. The van der Waals surface area contributed by atoms with Gasteiger partial charge in [0, 0.05) is 13.0 Å². The van der Waals surface area contributed by atoms with Gasteiger partial charge in [0.05, 0.1) is 17.5 Å². The van der Waals surface area contributed by atoms with Crippen LogP contribution in [0.5, 0.6) is 0 Å². The van der Waals surface area contributed by atoms with Crippen molar-refractivity contribution < 1.29 is 4.42 Å². The summed E-state index contributed by atoms with van der Waals surface area (Å²) in [6, 6.07) is 7.95. The first-order valence-corrected chi connectivity index (χ1v) is 5.20. The van der Waals surface area contributed by atoms with Crippen LogP contribution in [-0.4, -0.2) is 4.57 Å². The molecule has 1 saturated carbocycles. The van der Waals surface area contributed by atoms with Gasteiger partial charge in [-0.25, -0.2) is 4.79 Å². The van der Waals surface area contributed by atoms with Crippen molar-refractivity contribution in [1.82, 2.24) is 4.57 Å². The molecule has 2 unspecified atom stereocenters. The number of hydrogen-bond donors (Lipinski definition) is 0. The minimum Gasteiger partial charge on any atom is -0.408 e. The van der Waals surface area contributed by atoms with Crippen molar-refractivity contribution in [3.05, 3.63) is 34.3 Å². The van der Waals surface area contributed by atoms with Gasteiger partial charge in [0.2, 0.25) is 0 Å². The van der Waals surface area contributed by atoms with Gasteiger partial charge >= 0.3 is 5.76 Å². The van der Waals surface area contributed by atoms with Gasteiger partial charge < -0.3 is 4.42 Å². The van der Waals surface area contributed by atoms with Crippen molar-refractivity contribution in [3.63, 3.8) is 0 Å². The monoisotopic (exact) mass is 214 g/mol. The molecule has 4 nitrogen and oxygen atoms in total.